The Balaban J connectivity index is 1.79. The Kier molecular flexibility index (Phi) is 3.81. The summed E-state index contributed by atoms with van der Waals surface area (Å²) in [6.07, 6.45) is 1.61. The van der Waals surface area contributed by atoms with Crippen LogP contribution < -0.4 is 4.72 Å². The van der Waals surface area contributed by atoms with Gasteiger partial charge in [0.1, 0.15) is 4.90 Å². The van der Waals surface area contributed by atoms with Crippen LogP contribution in [0.3, 0.4) is 0 Å². The molecular weight excluding hydrogens is 368 g/mol. The lowest BCUT2D eigenvalue weighted by atomic mass is 10.2. The van der Waals surface area contributed by atoms with E-state index in [1.54, 1.807) is 24.4 Å². The summed E-state index contributed by atoms with van der Waals surface area (Å²) >= 11 is 0. The van der Waals surface area contributed by atoms with Crippen molar-refractivity contribution in [3.05, 3.63) is 59.9 Å². The number of H-pyrrole nitrogens is 1. The van der Waals surface area contributed by atoms with Crippen LogP contribution in [0.5, 0.6) is 0 Å². The second-order valence-electron chi connectivity index (χ2n) is 6.08. The molecule has 0 spiro atoms. The SMILES string of the molecule is Cc1cnc2c(S(=O)(=O)Nc3ccc4[nH]nc(C(=O)O)c4c3)cccc2c1. The third-order valence-electron chi connectivity index (χ3n) is 4.12. The molecule has 9 heteroatoms. The molecule has 0 unspecified atom stereocenters. The van der Waals surface area contributed by atoms with E-state index in [-0.39, 0.29) is 16.3 Å². The molecule has 4 aromatic rings. The van der Waals surface area contributed by atoms with E-state index >= 15 is 0 Å². The number of hydrogen-bond acceptors (Lipinski definition) is 5. The van der Waals surface area contributed by atoms with Gasteiger partial charge in [0.15, 0.2) is 5.69 Å². The number of sulfonamides is 1. The van der Waals surface area contributed by atoms with Gasteiger partial charge in [0.05, 0.1) is 11.0 Å². The minimum Gasteiger partial charge on any atom is -0.476 e. The van der Waals surface area contributed by atoms with Gasteiger partial charge >= 0.3 is 5.97 Å². The van der Waals surface area contributed by atoms with Crippen molar-refractivity contribution < 1.29 is 18.3 Å². The number of nitrogens with one attached hydrogen (secondary N) is 2. The number of para-hydroxylation sites is 1. The topological polar surface area (TPSA) is 125 Å². The Labute approximate surface area is 153 Å². The van der Waals surface area contributed by atoms with Crippen LogP contribution in [0.4, 0.5) is 5.69 Å². The Hall–Kier alpha value is -3.46. The van der Waals surface area contributed by atoms with Crippen LogP contribution in [0.15, 0.2) is 53.6 Å². The quantitative estimate of drug-likeness (QED) is 0.498. The average Bonchev–Trinajstić information content (AvgIpc) is 3.04. The van der Waals surface area contributed by atoms with Gasteiger partial charge in [0.25, 0.3) is 10.0 Å². The largest absolute Gasteiger partial charge is 0.476 e. The fraction of sp³-hybridized carbons (Fsp3) is 0.0556. The van der Waals surface area contributed by atoms with E-state index in [1.807, 2.05) is 13.0 Å². The van der Waals surface area contributed by atoms with Crippen molar-refractivity contribution in [3.8, 4) is 0 Å². The summed E-state index contributed by atoms with van der Waals surface area (Å²) < 4.78 is 28.3. The molecule has 0 saturated heterocycles. The van der Waals surface area contributed by atoms with Crippen molar-refractivity contribution in [1.82, 2.24) is 15.2 Å². The third kappa shape index (κ3) is 2.97. The number of pyridine rings is 1. The molecule has 0 bridgehead atoms. The molecule has 2 aromatic carbocycles. The Morgan fingerprint density at radius 2 is 2.00 bits per heavy atom. The van der Waals surface area contributed by atoms with Gasteiger partial charge in [-0.1, -0.05) is 12.1 Å². The molecular formula is C18H14N4O4S. The first-order chi connectivity index (χ1) is 12.8. The van der Waals surface area contributed by atoms with Gasteiger partial charge in [0.2, 0.25) is 0 Å². The van der Waals surface area contributed by atoms with Crippen LogP contribution >= 0.6 is 0 Å². The van der Waals surface area contributed by atoms with E-state index in [1.165, 1.54) is 18.2 Å². The number of aromatic carboxylic acids is 1. The lowest BCUT2D eigenvalue weighted by Crippen LogP contribution is -2.13. The summed E-state index contributed by atoms with van der Waals surface area (Å²) in [5, 5.41) is 16.5. The van der Waals surface area contributed by atoms with Gasteiger partial charge in [-0.2, -0.15) is 5.10 Å². The first-order valence-corrected chi connectivity index (χ1v) is 9.43. The number of aryl methyl sites for hydroxylation is 1. The van der Waals surface area contributed by atoms with Gasteiger partial charge < -0.3 is 5.11 Å². The minimum atomic E-state index is -3.93. The second-order valence-corrected chi connectivity index (χ2v) is 7.73. The minimum absolute atomic E-state index is 0.0470. The fourth-order valence-electron chi connectivity index (χ4n) is 2.91. The summed E-state index contributed by atoms with van der Waals surface area (Å²) in [5.74, 6) is -1.20. The standard InChI is InChI=1S/C18H14N4O4S/c1-10-7-11-3-2-4-15(16(11)19-9-10)27(25,26)22-12-5-6-14-13(8-12)17(18(23)24)21-20-14/h2-9,22H,1H3,(H,20,21)(H,23,24). The number of hydrogen-bond donors (Lipinski definition) is 3. The first kappa shape index (κ1) is 17.0. The van der Waals surface area contributed by atoms with E-state index in [0.717, 1.165) is 10.9 Å². The molecule has 2 aromatic heterocycles. The maximum absolute atomic E-state index is 12.9. The van der Waals surface area contributed by atoms with Crippen molar-refractivity contribution in [3.63, 3.8) is 0 Å². The number of carbonyl (C=O) groups is 1. The highest BCUT2D eigenvalue weighted by molar-refractivity contribution is 7.93. The van der Waals surface area contributed by atoms with Gasteiger partial charge in [-0.15, -0.1) is 0 Å². The Bertz CT molecular complexity index is 1310. The van der Waals surface area contributed by atoms with E-state index in [9.17, 15) is 18.3 Å². The lowest BCUT2D eigenvalue weighted by Gasteiger charge is -2.10. The first-order valence-electron chi connectivity index (χ1n) is 7.95. The summed E-state index contributed by atoms with van der Waals surface area (Å²) in [5.41, 5.74) is 1.85. The summed E-state index contributed by atoms with van der Waals surface area (Å²) in [6.45, 7) is 1.88. The molecule has 0 aliphatic rings. The van der Waals surface area contributed by atoms with Gasteiger partial charge in [-0.05, 0) is 42.8 Å². The average molecular weight is 382 g/mol. The molecule has 0 aliphatic heterocycles. The van der Waals surface area contributed by atoms with Crippen molar-refractivity contribution >= 4 is 43.5 Å². The van der Waals surface area contributed by atoms with Gasteiger partial charge in [-0.25, -0.2) is 13.2 Å². The summed E-state index contributed by atoms with van der Waals surface area (Å²) in [6, 6.07) is 11.3. The van der Waals surface area contributed by atoms with Gasteiger partial charge in [0, 0.05) is 22.7 Å². The van der Waals surface area contributed by atoms with Crippen molar-refractivity contribution in [2.45, 2.75) is 11.8 Å². The fourth-order valence-corrected chi connectivity index (χ4v) is 4.14. The normalized spacial score (nSPS) is 11.7. The van der Waals surface area contributed by atoms with Crippen LogP contribution in [0.2, 0.25) is 0 Å². The number of fused-ring (bicyclic) bond motifs is 2. The second kappa shape index (κ2) is 6.06. The number of aromatic nitrogens is 3. The maximum Gasteiger partial charge on any atom is 0.357 e. The summed E-state index contributed by atoms with van der Waals surface area (Å²) in [7, 11) is -3.93. The van der Waals surface area contributed by atoms with E-state index < -0.39 is 16.0 Å². The van der Waals surface area contributed by atoms with Crippen LogP contribution in [-0.2, 0) is 10.0 Å². The number of aromatic amines is 1. The van der Waals surface area contributed by atoms with Gasteiger partial charge in [-0.3, -0.25) is 14.8 Å². The zero-order valence-corrected chi connectivity index (χ0v) is 14.9. The highest BCUT2D eigenvalue weighted by Crippen LogP contribution is 2.26. The number of carboxylic acid groups (broad SMARTS) is 1. The molecule has 136 valence electrons. The summed E-state index contributed by atoms with van der Waals surface area (Å²) in [4.78, 5) is 15.5. The molecule has 0 aliphatic carbocycles. The van der Waals surface area contributed by atoms with Crippen molar-refractivity contribution in [2.75, 3.05) is 4.72 Å². The third-order valence-corrected chi connectivity index (χ3v) is 5.53. The highest BCUT2D eigenvalue weighted by Gasteiger charge is 2.20. The van der Waals surface area contributed by atoms with Crippen molar-refractivity contribution in [1.29, 1.82) is 0 Å². The number of carboxylic acids is 1. The number of benzene rings is 2. The Morgan fingerprint density at radius 3 is 2.78 bits per heavy atom. The Morgan fingerprint density at radius 1 is 1.19 bits per heavy atom. The molecule has 0 fully saturated rings. The van der Waals surface area contributed by atoms with Crippen LogP contribution in [-0.4, -0.2) is 34.7 Å². The molecule has 0 atom stereocenters. The predicted octanol–water partition coefficient (Wildman–Crippen LogP) is 2.92. The van der Waals surface area contributed by atoms with E-state index in [0.29, 0.717) is 16.4 Å². The molecule has 4 rings (SSSR count). The van der Waals surface area contributed by atoms with Crippen LogP contribution in [0.25, 0.3) is 21.8 Å². The monoisotopic (exact) mass is 382 g/mol. The van der Waals surface area contributed by atoms with Crippen LogP contribution in [0.1, 0.15) is 16.1 Å². The van der Waals surface area contributed by atoms with Crippen LogP contribution in [0, 0.1) is 6.92 Å². The highest BCUT2D eigenvalue weighted by atomic mass is 32.2. The molecule has 3 N–H and O–H groups in total. The van der Waals surface area contributed by atoms with E-state index in [2.05, 4.69) is 19.9 Å². The molecule has 8 nitrogen and oxygen atoms in total. The smallest absolute Gasteiger partial charge is 0.357 e. The van der Waals surface area contributed by atoms with E-state index in [4.69, 9.17) is 0 Å². The number of anilines is 1. The molecule has 27 heavy (non-hydrogen) atoms. The lowest BCUT2D eigenvalue weighted by molar-refractivity contribution is 0.0692. The predicted molar refractivity (Wildman–Crippen MR) is 100 cm³/mol. The molecule has 0 radical (unpaired) electrons. The number of rotatable bonds is 4. The molecule has 0 amide bonds. The molecule has 2 heterocycles. The van der Waals surface area contributed by atoms with Crippen molar-refractivity contribution in [2.24, 2.45) is 0 Å². The molecule has 0 saturated carbocycles. The zero-order valence-electron chi connectivity index (χ0n) is 14.1. The zero-order chi connectivity index (χ0) is 19.2. The number of nitrogens with zero attached hydrogens (tertiary/aromatic N) is 2. The maximum atomic E-state index is 12.9.